The average molecular weight is 1150 g/mol. The van der Waals surface area contributed by atoms with E-state index in [1.807, 2.05) is 139 Å². The number of nitrogens with two attached hydrogens (primary N) is 3. The maximum Gasteiger partial charge on any atom is 0.292 e. The van der Waals surface area contributed by atoms with E-state index in [-0.39, 0.29) is 37.1 Å². The number of nitrogen functional groups attached to an aromatic ring is 3. The molecule has 6 heterocycles. The molecule has 12 rings (SSSR count). The largest absolute Gasteiger partial charge is 0.480 e. The molecule has 0 aliphatic heterocycles. The topological polar surface area (TPSA) is 365 Å². The number of nitro benzene ring substituents is 1. The number of fused-ring (bicyclic) bond motifs is 4. The lowest BCUT2D eigenvalue weighted by molar-refractivity contribution is -0.383. The van der Waals surface area contributed by atoms with Crippen molar-refractivity contribution in [3.63, 3.8) is 0 Å². The van der Waals surface area contributed by atoms with Gasteiger partial charge in [-0.2, -0.15) is 0 Å². The molecular weight excluding hydrogens is 1080 g/mol. The van der Waals surface area contributed by atoms with Gasteiger partial charge in [0.2, 0.25) is 5.90 Å². The number of nitrogens with one attached hydrogen (secondary N) is 5. The summed E-state index contributed by atoms with van der Waals surface area (Å²) in [5.74, 6) is 2.94. The number of methoxy groups -OCH3 is 1. The van der Waals surface area contributed by atoms with Gasteiger partial charge in [0, 0.05) is 93.0 Å². The number of aromatic nitrogens is 10. The van der Waals surface area contributed by atoms with Crippen molar-refractivity contribution in [2.45, 2.75) is 0 Å². The Kier molecular flexibility index (Phi) is 18.5. The van der Waals surface area contributed by atoms with Crippen LogP contribution in [0, 0.1) is 15.5 Å². The Balaban J connectivity index is 0.000000142. The fourth-order valence-electron chi connectivity index (χ4n) is 8.91. The number of H-pyrrole nitrogens is 4. The second-order valence-corrected chi connectivity index (χ2v) is 19.5. The van der Waals surface area contributed by atoms with Crippen LogP contribution in [0.2, 0.25) is 0 Å². The summed E-state index contributed by atoms with van der Waals surface area (Å²) in [7, 11) is 7.24. The molecule has 0 amide bonds. The van der Waals surface area contributed by atoms with Gasteiger partial charge >= 0.3 is 0 Å². The lowest BCUT2D eigenvalue weighted by Gasteiger charge is -2.17. The van der Waals surface area contributed by atoms with Crippen molar-refractivity contribution < 1.29 is 25.0 Å². The Morgan fingerprint density at radius 1 is 0.518 bits per heavy atom. The molecule has 0 saturated carbocycles. The molecule has 6 aromatic carbocycles. The molecule has 0 unspecified atom stereocenters. The van der Waals surface area contributed by atoms with Crippen LogP contribution >= 0.6 is 0 Å². The summed E-state index contributed by atoms with van der Waals surface area (Å²) >= 11 is 0. The number of aromatic amines is 4. The van der Waals surface area contributed by atoms with Crippen LogP contribution in [-0.4, -0.2) is 144 Å². The third-order valence-electron chi connectivity index (χ3n) is 13.7. The van der Waals surface area contributed by atoms with E-state index in [0.29, 0.717) is 48.1 Å². The molecule has 0 atom stereocenters. The Bertz CT molecular complexity index is 4240. The predicted molar refractivity (Wildman–Crippen MR) is 337 cm³/mol. The molecule has 434 valence electrons. The van der Waals surface area contributed by atoms with Crippen molar-refractivity contribution in [3.8, 4) is 45.7 Å². The number of benzene rings is 6. The maximum atomic E-state index is 11.0. The molecule has 85 heavy (non-hydrogen) atoms. The van der Waals surface area contributed by atoms with Gasteiger partial charge in [0.25, 0.3) is 5.69 Å². The molecule has 6 aromatic heterocycles. The first kappa shape index (κ1) is 58.7. The zero-order valence-corrected chi connectivity index (χ0v) is 47.0. The minimum Gasteiger partial charge on any atom is -0.480 e. The Labute approximate surface area is 487 Å². The summed E-state index contributed by atoms with van der Waals surface area (Å²) in [5.41, 5.74) is 32.2. The van der Waals surface area contributed by atoms with Gasteiger partial charge in [-0.1, -0.05) is 12.1 Å². The van der Waals surface area contributed by atoms with Crippen LogP contribution in [0.3, 0.4) is 0 Å². The summed E-state index contributed by atoms with van der Waals surface area (Å²) in [5, 5.41) is 45.4. The number of aliphatic hydroxyl groups is 3. The third kappa shape index (κ3) is 14.0. The average Bonchev–Trinajstić information content (AvgIpc) is 3.95. The first-order valence-corrected chi connectivity index (χ1v) is 26.7. The number of likely N-dealkylation sites (N-methyl/N-ethyl adjacent to an activating group) is 3. The molecule has 0 aliphatic carbocycles. The number of nitrogens with zero attached hydrogens (tertiary/aromatic N) is 10. The quantitative estimate of drug-likeness (QED) is 0.0150. The Hall–Kier alpha value is -11.0. The summed E-state index contributed by atoms with van der Waals surface area (Å²) in [4.78, 5) is 56.3. The standard InChI is InChI=1S/C22H20N6O.C16H17N5O3.C16H19N5O.C7H8N2O/c1-28(10-11-29)15-6-8-17-20(13-15)26-21(24-17)14-5-7-16-19(12-14)27-22(25-16)18-4-2-3-9-23-18;1-20(6-7-22)11-3-5-13-14(9-11)19-16(18-13)10-2-4-12(17)15(8-10)21(23)24;1-21(6-7-22)11-3-5-14-15(9-11)20-16(19-14)10-2-4-12(17)13(18)8-10;1-10-7(8)6-4-2-3-5-9-6/h2-9,12-13,29H,10-11H2,1H3,(H,24,26)(H,25,27);2-5,8-9,22H,6-7,17H2,1H3,(H,18,19);2-5,8-9,22H,6-7,17-18H2,1H3,(H,19,20);2-5,8H,1H3. The molecule has 0 fully saturated rings. The fraction of sp³-hybridized carbons (Fsp3) is 0.164. The van der Waals surface area contributed by atoms with Crippen LogP contribution in [-0.2, 0) is 4.74 Å². The molecule has 0 bridgehead atoms. The van der Waals surface area contributed by atoms with E-state index < -0.39 is 4.92 Å². The van der Waals surface area contributed by atoms with Crippen molar-refractivity contribution in [3.05, 3.63) is 174 Å². The van der Waals surface area contributed by atoms with Crippen molar-refractivity contribution in [1.82, 2.24) is 49.8 Å². The van der Waals surface area contributed by atoms with Gasteiger partial charge in [-0.15, -0.1) is 0 Å². The van der Waals surface area contributed by atoms with E-state index in [1.54, 1.807) is 36.7 Å². The molecule has 14 N–H and O–H groups in total. The van der Waals surface area contributed by atoms with Gasteiger partial charge in [0.1, 0.15) is 34.5 Å². The summed E-state index contributed by atoms with van der Waals surface area (Å²) in [6.07, 6.45) is 3.39. The number of rotatable bonds is 15. The number of imidazole rings is 4. The number of hydrogen-bond acceptors (Lipinski definition) is 19. The van der Waals surface area contributed by atoms with Crippen LogP contribution in [0.1, 0.15) is 5.69 Å². The number of ether oxygens (including phenoxy) is 1. The van der Waals surface area contributed by atoms with E-state index in [2.05, 4.69) is 55.7 Å². The van der Waals surface area contributed by atoms with E-state index in [0.717, 1.165) is 95.5 Å². The minimum atomic E-state index is -0.510. The van der Waals surface area contributed by atoms with Gasteiger partial charge in [0.15, 0.2) is 5.82 Å². The SMILES string of the molecule is CN(CCO)c1ccc2nc(-c3ccc(N)c(N)c3)[nH]c2c1.CN(CCO)c1ccc2nc(-c3ccc(N)c([N+](=O)[O-])c3)[nH]c2c1.CN(CCO)c1ccc2nc(-c3ccc4nc(-c5ccccn5)[nH]c4c3)[nH]c2c1.COC(=N)c1ccccn1. The number of nitro groups is 1. The number of hydrogen-bond donors (Lipinski definition) is 11. The summed E-state index contributed by atoms with van der Waals surface area (Å²) in [6, 6.07) is 45.0. The third-order valence-corrected chi connectivity index (χ3v) is 13.7. The van der Waals surface area contributed by atoms with E-state index in [1.165, 1.54) is 19.2 Å². The van der Waals surface area contributed by atoms with Gasteiger partial charge in [-0.25, -0.2) is 19.9 Å². The molecule has 0 radical (unpaired) electrons. The molecule has 24 nitrogen and oxygen atoms in total. The number of pyridine rings is 2. The van der Waals surface area contributed by atoms with Gasteiger partial charge in [-0.05, 0) is 127 Å². The molecule has 0 saturated heterocycles. The lowest BCUT2D eigenvalue weighted by Crippen LogP contribution is -2.20. The van der Waals surface area contributed by atoms with Gasteiger partial charge in [0.05, 0.1) is 87.4 Å². The van der Waals surface area contributed by atoms with Crippen LogP contribution in [0.15, 0.2) is 158 Å². The molecule has 0 spiro atoms. The van der Waals surface area contributed by atoms with Crippen LogP contribution in [0.25, 0.3) is 89.8 Å². The van der Waals surface area contributed by atoms with Gasteiger partial charge < -0.3 is 71.9 Å². The van der Waals surface area contributed by atoms with Crippen molar-refractivity contribution in [1.29, 1.82) is 5.41 Å². The summed E-state index contributed by atoms with van der Waals surface area (Å²) < 4.78 is 4.66. The van der Waals surface area contributed by atoms with Crippen molar-refractivity contribution in [2.75, 3.05) is 99.6 Å². The molecule has 0 aliphatic rings. The second-order valence-electron chi connectivity index (χ2n) is 19.5. The highest BCUT2D eigenvalue weighted by Gasteiger charge is 2.17. The normalized spacial score (nSPS) is 10.9. The minimum absolute atomic E-state index is 0.0673. The highest BCUT2D eigenvalue weighted by molar-refractivity contribution is 5.90. The summed E-state index contributed by atoms with van der Waals surface area (Å²) in [6.45, 7) is 2.00. The Morgan fingerprint density at radius 3 is 1.36 bits per heavy atom. The highest BCUT2D eigenvalue weighted by atomic mass is 16.6. The highest BCUT2D eigenvalue weighted by Crippen LogP contribution is 2.32. The lowest BCUT2D eigenvalue weighted by atomic mass is 10.1. The molecule has 24 heteroatoms. The Morgan fingerprint density at radius 2 is 0.929 bits per heavy atom. The van der Waals surface area contributed by atoms with Crippen LogP contribution in [0.5, 0.6) is 0 Å². The van der Waals surface area contributed by atoms with E-state index >= 15 is 0 Å². The van der Waals surface area contributed by atoms with Crippen molar-refractivity contribution >= 4 is 89.8 Å². The second kappa shape index (κ2) is 26.8. The van der Waals surface area contributed by atoms with E-state index in [9.17, 15) is 10.1 Å². The van der Waals surface area contributed by atoms with Crippen LogP contribution in [0.4, 0.5) is 39.8 Å². The predicted octanol–water partition coefficient (Wildman–Crippen LogP) is 8.62. The molecular formula is C61H64N18O6. The first-order valence-electron chi connectivity index (χ1n) is 26.7. The number of anilines is 6. The zero-order valence-electron chi connectivity index (χ0n) is 47.0. The zero-order chi connectivity index (χ0) is 60.1. The van der Waals surface area contributed by atoms with E-state index in [4.69, 9.17) is 42.9 Å². The monoisotopic (exact) mass is 1140 g/mol. The fourth-order valence-corrected chi connectivity index (χ4v) is 8.91. The van der Waals surface area contributed by atoms with Crippen LogP contribution < -0.4 is 31.9 Å². The maximum absolute atomic E-state index is 11.0. The van der Waals surface area contributed by atoms with Gasteiger partial charge in [-0.3, -0.25) is 25.5 Å². The van der Waals surface area contributed by atoms with Crippen molar-refractivity contribution in [2.24, 2.45) is 0 Å². The molecule has 12 aromatic rings. The first-order chi connectivity index (χ1) is 41.1. The smallest absolute Gasteiger partial charge is 0.292 e. The number of aliphatic hydroxyl groups excluding tert-OH is 3.